The van der Waals surface area contributed by atoms with E-state index in [-0.39, 0.29) is 4.90 Å². The average Bonchev–Trinajstić information content (AvgIpc) is 2.87. The van der Waals surface area contributed by atoms with E-state index in [4.69, 9.17) is 0 Å². The monoisotopic (exact) mass is 348 g/mol. The van der Waals surface area contributed by atoms with E-state index in [1.54, 1.807) is 6.07 Å². The largest absolute Gasteiger partial charge is 0.316 e. The van der Waals surface area contributed by atoms with Gasteiger partial charge in [0.15, 0.2) is 0 Å². The third-order valence-electron chi connectivity index (χ3n) is 3.87. The van der Waals surface area contributed by atoms with E-state index < -0.39 is 15.8 Å². The number of hydrogen-bond acceptors (Lipinski definition) is 3. The molecule has 2 aliphatic heterocycles. The number of benzene rings is 1. The van der Waals surface area contributed by atoms with Crippen LogP contribution in [0, 0.1) is 17.7 Å². The first-order valence-electron chi connectivity index (χ1n) is 6.14. The molecule has 0 spiro atoms. The molecule has 1 N–H and O–H groups in total. The normalized spacial score (nSPS) is 27.7. The van der Waals surface area contributed by atoms with Gasteiger partial charge in [-0.3, -0.25) is 0 Å². The third kappa shape index (κ3) is 2.33. The lowest BCUT2D eigenvalue weighted by atomic mass is 10.0. The van der Waals surface area contributed by atoms with Gasteiger partial charge in [-0.05, 0) is 43.1 Å². The number of fused-ring (bicyclic) bond motifs is 1. The number of halogens is 2. The molecule has 7 heteroatoms. The maximum atomic E-state index is 13.8. The summed E-state index contributed by atoms with van der Waals surface area (Å²) >= 11 is 3.13. The summed E-state index contributed by atoms with van der Waals surface area (Å²) in [6, 6.07) is 4.06. The van der Waals surface area contributed by atoms with Gasteiger partial charge in [0.1, 0.15) is 10.7 Å². The van der Waals surface area contributed by atoms with E-state index in [2.05, 4.69) is 21.2 Å². The molecule has 2 aliphatic rings. The summed E-state index contributed by atoms with van der Waals surface area (Å²) in [4.78, 5) is -0.233. The summed E-state index contributed by atoms with van der Waals surface area (Å²) in [5, 5.41) is 3.25. The van der Waals surface area contributed by atoms with Gasteiger partial charge in [0.2, 0.25) is 10.0 Å². The molecule has 0 aromatic heterocycles. The lowest BCUT2D eigenvalue weighted by Crippen LogP contribution is -2.32. The molecule has 0 bridgehead atoms. The topological polar surface area (TPSA) is 49.4 Å². The molecule has 2 saturated heterocycles. The predicted molar refractivity (Wildman–Crippen MR) is 72.7 cm³/mol. The first-order chi connectivity index (χ1) is 8.98. The van der Waals surface area contributed by atoms with Crippen molar-refractivity contribution in [2.45, 2.75) is 4.90 Å². The molecule has 0 saturated carbocycles. The highest BCUT2D eigenvalue weighted by atomic mass is 79.9. The molecule has 1 aromatic carbocycles. The molecule has 0 aliphatic carbocycles. The van der Waals surface area contributed by atoms with Crippen molar-refractivity contribution in [2.24, 2.45) is 11.8 Å². The zero-order valence-electron chi connectivity index (χ0n) is 10.1. The number of hydrogen-bond donors (Lipinski definition) is 1. The van der Waals surface area contributed by atoms with Crippen LogP contribution in [0.1, 0.15) is 0 Å². The maximum Gasteiger partial charge on any atom is 0.246 e. The second-order valence-corrected chi connectivity index (χ2v) is 7.90. The van der Waals surface area contributed by atoms with Crippen molar-refractivity contribution in [3.8, 4) is 0 Å². The summed E-state index contributed by atoms with van der Waals surface area (Å²) in [5.41, 5.74) is 0. The van der Waals surface area contributed by atoms with E-state index in [0.717, 1.165) is 13.1 Å². The zero-order chi connectivity index (χ0) is 13.6. The Hall–Kier alpha value is -0.500. The Balaban J connectivity index is 1.91. The Morgan fingerprint density at radius 2 is 1.89 bits per heavy atom. The van der Waals surface area contributed by atoms with Gasteiger partial charge >= 0.3 is 0 Å². The highest BCUT2D eigenvalue weighted by Gasteiger charge is 2.42. The van der Waals surface area contributed by atoms with Crippen molar-refractivity contribution in [1.29, 1.82) is 0 Å². The average molecular weight is 349 g/mol. The minimum absolute atomic E-state index is 0.233. The Bertz CT molecular complexity index is 596. The van der Waals surface area contributed by atoms with E-state index in [9.17, 15) is 12.8 Å². The summed E-state index contributed by atoms with van der Waals surface area (Å²) in [7, 11) is -3.72. The summed E-state index contributed by atoms with van der Waals surface area (Å²) in [6.07, 6.45) is 0. The second-order valence-electron chi connectivity index (χ2n) is 5.08. The second kappa shape index (κ2) is 4.80. The van der Waals surface area contributed by atoms with E-state index in [0.29, 0.717) is 29.4 Å². The van der Waals surface area contributed by atoms with E-state index in [1.165, 1.54) is 16.4 Å². The minimum Gasteiger partial charge on any atom is -0.316 e. The molecule has 0 radical (unpaired) electrons. The van der Waals surface area contributed by atoms with Crippen LogP contribution in [-0.2, 0) is 10.0 Å². The molecular formula is C12H14BrFN2O2S. The number of sulfonamides is 1. The van der Waals surface area contributed by atoms with Gasteiger partial charge in [-0.25, -0.2) is 12.8 Å². The van der Waals surface area contributed by atoms with Crippen LogP contribution in [0.3, 0.4) is 0 Å². The van der Waals surface area contributed by atoms with Gasteiger partial charge in [0, 0.05) is 17.6 Å². The highest BCUT2D eigenvalue weighted by Crippen LogP contribution is 2.32. The quantitative estimate of drug-likeness (QED) is 0.879. The van der Waals surface area contributed by atoms with Crippen LogP contribution in [0.5, 0.6) is 0 Å². The van der Waals surface area contributed by atoms with Crippen molar-refractivity contribution in [1.82, 2.24) is 9.62 Å². The summed E-state index contributed by atoms with van der Waals surface area (Å²) < 4.78 is 40.7. The molecule has 0 unspecified atom stereocenters. The fourth-order valence-electron chi connectivity index (χ4n) is 2.83. The van der Waals surface area contributed by atoms with Crippen molar-refractivity contribution < 1.29 is 12.8 Å². The van der Waals surface area contributed by atoms with Gasteiger partial charge < -0.3 is 5.32 Å². The van der Waals surface area contributed by atoms with Gasteiger partial charge in [-0.15, -0.1) is 0 Å². The highest BCUT2D eigenvalue weighted by molar-refractivity contribution is 9.10. The molecule has 0 amide bonds. The summed E-state index contributed by atoms with van der Waals surface area (Å²) in [6.45, 7) is 2.66. The zero-order valence-corrected chi connectivity index (χ0v) is 12.5. The van der Waals surface area contributed by atoms with Crippen molar-refractivity contribution >= 4 is 26.0 Å². The SMILES string of the molecule is O=S(=O)(c1ccc(Br)cc1F)N1C[C@H]2CNC[C@H]2C1. The molecule has 3 rings (SSSR count). The van der Waals surface area contributed by atoms with E-state index >= 15 is 0 Å². The van der Waals surface area contributed by atoms with Crippen molar-refractivity contribution in [3.63, 3.8) is 0 Å². The smallest absolute Gasteiger partial charge is 0.246 e. The molecular weight excluding hydrogens is 335 g/mol. The van der Waals surface area contributed by atoms with Crippen LogP contribution >= 0.6 is 15.9 Å². The van der Waals surface area contributed by atoms with E-state index in [1.807, 2.05) is 0 Å². The Kier molecular flexibility index (Phi) is 3.41. The fraction of sp³-hybridized carbons (Fsp3) is 0.500. The van der Waals surface area contributed by atoms with Crippen LogP contribution in [0.15, 0.2) is 27.6 Å². The van der Waals surface area contributed by atoms with Crippen LogP contribution in [0.2, 0.25) is 0 Å². The Labute approximate surface area is 120 Å². The van der Waals surface area contributed by atoms with Gasteiger partial charge in [-0.1, -0.05) is 15.9 Å². The molecule has 2 heterocycles. The van der Waals surface area contributed by atoms with Crippen molar-refractivity contribution in [3.05, 3.63) is 28.5 Å². The Morgan fingerprint density at radius 3 is 2.47 bits per heavy atom. The number of nitrogens with zero attached hydrogens (tertiary/aromatic N) is 1. The Morgan fingerprint density at radius 1 is 1.26 bits per heavy atom. The number of nitrogens with one attached hydrogen (secondary N) is 1. The molecule has 2 fully saturated rings. The standard InChI is InChI=1S/C12H14BrFN2O2S/c13-10-1-2-12(11(14)3-10)19(17,18)16-6-8-4-15-5-9(8)7-16/h1-3,8-9,15H,4-7H2/t8-,9+. The van der Waals surface area contributed by atoms with Crippen LogP contribution in [0.25, 0.3) is 0 Å². The fourth-order valence-corrected chi connectivity index (χ4v) is 4.76. The lowest BCUT2D eigenvalue weighted by molar-refractivity contribution is 0.443. The first-order valence-corrected chi connectivity index (χ1v) is 8.37. The molecule has 2 atom stereocenters. The molecule has 104 valence electrons. The van der Waals surface area contributed by atoms with Crippen LogP contribution in [-0.4, -0.2) is 38.9 Å². The minimum atomic E-state index is -3.72. The molecule has 19 heavy (non-hydrogen) atoms. The van der Waals surface area contributed by atoms with Gasteiger partial charge in [-0.2, -0.15) is 4.31 Å². The molecule has 4 nitrogen and oxygen atoms in total. The maximum absolute atomic E-state index is 13.8. The van der Waals surface area contributed by atoms with Crippen LogP contribution < -0.4 is 5.32 Å². The molecule has 1 aromatic rings. The third-order valence-corrected chi connectivity index (χ3v) is 6.23. The van der Waals surface area contributed by atoms with Crippen molar-refractivity contribution in [2.75, 3.05) is 26.2 Å². The predicted octanol–water partition coefficient (Wildman–Crippen LogP) is 1.43. The van der Waals surface area contributed by atoms with Gasteiger partial charge in [0.05, 0.1) is 0 Å². The number of rotatable bonds is 2. The van der Waals surface area contributed by atoms with Crippen LogP contribution in [0.4, 0.5) is 4.39 Å². The first kappa shape index (κ1) is 13.5. The lowest BCUT2D eigenvalue weighted by Gasteiger charge is -2.17. The van der Waals surface area contributed by atoms with Gasteiger partial charge in [0.25, 0.3) is 0 Å². The summed E-state index contributed by atoms with van der Waals surface area (Å²) in [5.74, 6) is 0.00567.